The summed E-state index contributed by atoms with van der Waals surface area (Å²) in [6, 6.07) is 3.08. The molecule has 2 rings (SSSR count). The van der Waals surface area contributed by atoms with Crippen LogP contribution in [-0.2, 0) is 9.53 Å². The Morgan fingerprint density at radius 1 is 1.41 bits per heavy atom. The van der Waals surface area contributed by atoms with Gasteiger partial charge in [-0.1, -0.05) is 11.6 Å². The molecule has 5 nitrogen and oxygen atoms in total. The standard InChI is InChI=1S/C16H21ClO5/c1-3-21-16(19)14(18)10-8-12(17)15(20-2)13(9-10)22-11-6-4-5-7-11/h8-9,11,14,18H,3-7H2,1-2H3. The minimum absolute atomic E-state index is 0.111. The molecule has 1 aliphatic rings. The highest BCUT2D eigenvalue weighted by Gasteiger charge is 2.24. The van der Waals surface area contributed by atoms with Gasteiger partial charge in [-0.15, -0.1) is 0 Å². The minimum Gasteiger partial charge on any atom is -0.491 e. The van der Waals surface area contributed by atoms with Crippen LogP contribution in [0.4, 0.5) is 0 Å². The van der Waals surface area contributed by atoms with Crippen molar-refractivity contribution in [2.75, 3.05) is 13.7 Å². The second-order valence-corrected chi connectivity index (χ2v) is 5.62. The van der Waals surface area contributed by atoms with Crippen LogP contribution in [0.1, 0.15) is 44.3 Å². The summed E-state index contributed by atoms with van der Waals surface area (Å²) in [5.41, 5.74) is 0.331. The summed E-state index contributed by atoms with van der Waals surface area (Å²) in [6.07, 6.45) is 2.93. The highest BCUT2D eigenvalue weighted by Crippen LogP contribution is 2.39. The molecule has 1 aromatic carbocycles. The van der Waals surface area contributed by atoms with Crippen LogP contribution in [-0.4, -0.2) is 30.9 Å². The van der Waals surface area contributed by atoms with E-state index in [2.05, 4.69) is 0 Å². The van der Waals surface area contributed by atoms with Gasteiger partial charge >= 0.3 is 5.97 Å². The molecular weight excluding hydrogens is 308 g/mol. The molecule has 1 aliphatic carbocycles. The molecule has 0 saturated heterocycles. The smallest absolute Gasteiger partial charge is 0.339 e. The number of aliphatic hydroxyl groups is 1. The Balaban J connectivity index is 2.27. The molecule has 1 N–H and O–H groups in total. The second-order valence-electron chi connectivity index (χ2n) is 5.21. The number of esters is 1. The van der Waals surface area contributed by atoms with Gasteiger partial charge in [-0.2, -0.15) is 0 Å². The molecule has 1 aromatic rings. The number of carbonyl (C=O) groups excluding carboxylic acids is 1. The van der Waals surface area contributed by atoms with Gasteiger partial charge in [0.1, 0.15) is 0 Å². The molecule has 0 amide bonds. The monoisotopic (exact) mass is 328 g/mol. The topological polar surface area (TPSA) is 65.0 Å². The third-order valence-electron chi connectivity index (χ3n) is 3.66. The number of rotatable bonds is 6. The zero-order chi connectivity index (χ0) is 16.1. The van der Waals surface area contributed by atoms with Crippen LogP contribution < -0.4 is 9.47 Å². The first kappa shape index (κ1) is 16.9. The lowest BCUT2D eigenvalue weighted by molar-refractivity contribution is -0.153. The maximum Gasteiger partial charge on any atom is 0.339 e. The number of carbonyl (C=O) groups is 1. The first-order chi connectivity index (χ1) is 10.6. The van der Waals surface area contributed by atoms with E-state index in [1.54, 1.807) is 13.0 Å². The van der Waals surface area contributed by atoms with Crippen molar-refractivity contribution in [1.29, 1.82) is 0 Å². The molecule has 0 aliphatic heterocycles. The Labute approximate surface area is 135 Å². The van der Waals surface area contributed by atoms with Gasteiger partial charge in [0.2, 0.25) is 0 Å². The van der Waals surface area contributed by atoms with Crippen LogP contribution in [0, 0.1) is 0 Å². The van der Waals surface area contributed by atoms with Crippen LogP contribution in [0.15, 0.2) is 12.1 Å². The molecule has 1 fully saturated rings. The fraction of sp³-hybridized carbons (Fsp3) is 0.562. The van der Waals surface area contributed by atoms with Gasteiger partial charge in [-0.25, -0.2) is 4.79 Å². The lowest BCUT2D eigenvalue weighted by atomic mass is 10.1. The molecule has 0 radical (unpaired) electrons. The molecule has 6 heteroatoms. The third-order valence-corrected chi connectivity index (χ3v) is 3.94. The Morgan fingerprint density at radius 3 is 2.68 bits per heavy atom. The first-order valence-corrected chi connectivity index (χ1v) is 7.83. The molecule has 0 bridgehead atoms. The Kier molecular flexibility index (Phi) is 5.91. The molecule has 0 heterocycles. The van der Waals surface area contributed by atoms with Gasteiger partial charge in [0.05, 0.1) is 24.8 Å². The molecule has 1 unspecified atom stereocenters. The van der Waals surface area contributed by atoms with Crippen molar-refractivity contribution in [3.8, 4) is 11.5 Å². The maximum atomic E-state index is 11.7. The zero-order valence-corrected chi connectivity index (χ0v) is 13.6. The summed E-state index contributed by atoms with van der Waals surface area (Å²) in [5, 5.41) is 10.4. The molecule has 0 spiro atoms. The summed E-state index contributed by atoms with van der Waals surface area (Å²) < 4.78 is 16.0. The molecule has 0 aromatic heterocycles. The second kappa shape index (κ2) is 7.70. The summed E-state index contributed by atoms with van der Waals surface area (Å²) in [4.78, 5) is 11.7. The van der Waals surface area contributed by atoms with Crippen LogP contribution in [0.3, 0.4) is 0 Å². The fourth-order valence-corrected chi connectivity index (χ4v) is 2.87. The van der Waals surface area contributed by atoms with Crippen LogP contribution in [0.5, 0.6) is 11.5 Å². The van der Waals surface area contributed by atoms with E-state index in [1.165, 1.54) is 13.2 Å². The average Bonchev–Trinajstić information content (AvgIpc) is 2.99. The maximum absolute atomic E-state index is 11.7. The van der Waals surface area contributed by atoms with E-state index in [0.717, 1.165) is 25.7 Å². The Morgan fingerprint density at radius 2 is 2.09 bits per heavy atom. The van der Waals surface area contributed by atoms with Gasteiger partial charge in [0.15, 0.2) is 17.6 Å². The largest absolute Gasteiger partial charge is 0.491 e. The lowest BCUT2D eigenvalue weighted by Crippen LogP contribution is -2.16. The molecule has 1 atom stereocenters. The highest BCUT2D eigenvalue weighted by molar-refractivity contribution is 6.32. The molecule has 1 saturated carbocycles. The fourth-order valence-electron chi connectivity index (χ4n) is 2.57. The Bertz CT molecular complexity index is 526. The summed E-state index contributed by atoms with van der Waals surface area (Å²) in [6.45, 7) is 1.88. The van der Waals surface area contributed by atoms with E-state index >= 15 is 0 Å². The Hall–Kier alpha value is -1.46. The van der Waals surface area contributed by atoms with Crippen molar-refractivity contribution in [3.63, 3.8) is 0 Å². The predicted molar refractivity (Wildman–Crippen MR) is 82.5 cm³/mol. The number of aliphatic hydroxyl groups excluding tert-OH is 1. The number of halogens is 1. The number of ether oxygens (including phenoxy) is 3. The van der Waals surface area contributed by atoms with Crippen molar-refractivity contribution >= 4 is 17.6 Å². The predicted octanol–water partition coefficient (Wildman–Crippen LogP) is 3.27. The van der Waals surface area contributed by atoms with Gasteiger partial charge in [0, 0.05) is 0 Å². The summed E-state index contributed by atoms with van der Waals surface area (Å²) in [5.74, 6) is 0.143. The normalized spacial score (nSPS) is 16.4. The number of methoxy groups -OCH3 is 1. The van der Waals surface area contributed by atoms with Crippen molar-refractivity contribution in [3.05, 3.63) is 22.7 Å². The third kappa shape index (κ3) is 3.84. The summed E-state index contributed by atoms with van der Waals surface area (Å²) in [7, 11) is 1.50. The van der Waals surface area contributed by atoms with Crippen LogP contribution >= 0.6 is 11.6 Å². The van der Waals surface area contributed by atoms with E-state index in [0.29, 0.717) is 17.1 Å². The lowest BCUT2D eigenvalue weighted by Gasteiger charge is -2.19. The van der Waals surface area contributed by atoms with Crippen molar-refractivity contribution in [2.45, 2.75) is 44.8 Å². The van der Waals surface area contributed by atoms with Gasteiger partial charge in [-0.05, 0) is 50.3 Å². The average molecular weight is 329 g/mol. The zero-order valence-electron chi connectivity index (χ0n) is 12.8. The van der Waals surface area contributed by atoms with E-state index in [-0.39, 0.29) is 17.7 Å². The van der Waals surface area contributed by atoms with Gasteiger partial charge in [0.25, 0.3) is 0 Å². The van der Waals surface area contributed by atoms with Crippen molar-refractivity contribution in [1.82, 2.24) is 0 Å². The van der Waals surface area contributed by atoms with E-state index in [4.69, 9.17) is 25.8 Å². The van der Waals surface area contributed by atoms with Crippen LogP contribution in [0.2, 0.25) is 5.02 Å². The number of hydrogen-bond donors (Lipinski definition) is 1. The van der Waals surface area contributed by atoms with E-state index in [9.17, 15) is 9.90 Å². The molecule has 122 valence electrons. The SMILES string of the molecule is CCOC(=O)C(O)c1cc(Cl)c(OC)c(OC2CCCC2)c1. The van der Waals surface area contributed by atoms with Crippen molar-refractivity contribution < 1.29 is 24.1 Å². The quantitative estimate of drug-likeness (QED) is 0.812. The van der Waals surface area contributed by atoms with Gasteiger partial charge < -0.3 is 19.3 Å². The number of hydrogen-bond acceptors (Lipinski definition) is 5. The molecule has 22 heavy (non-hydrogen) atoms. The molecular formula is C16H21ClO5. The van der Waals surface area contributed by atoms with E-state index in [1.807, 2.05) is 0 Å². The van der Waals surface area contributed by atoms with E-state index < -0.39 is 12.1 Å². The highest BCUT2D eigenvalue weighted by atomic mass is 35.5. The van der Waals surface area contributed by atoms with Crippen LogP contribution in [0.25, 0.3) is 0 Å². The minimum atomic E-state index is -1.39. The summed E-state index contributed by atoms with van der Waals surface area (Å²) >= 11 is 6.18. The van der Waals surface area contributed by atoms with Crippen molar-refractivity contribution in [2.24, 2.45) is 0 Å². The first-order valence-electron chi connectivity index (χ1n) is 7.45. The number of benzene rings is 1. The van der Waals surface area contributed by atoms with Gasteiger partial charge in [-0.3, -0.25) is 0 Å².